The van der Waals surface area contributed by atoms with Gasteiger partial charge < -0.3 is 14.8 Å². The van der Waals surface area contributed by atoms with E-state index >= 15 is 0 Å². The highest BCUT2D eigenvalue weighted by atomic mass is 32.2. The average molecular weight is 433 g/mol. The van der Waals surface area contributed by atoms with Crippen LogP contribution in [-0.2, 0) is 21.2 Å². The summed E-state index contributed by atoms with van der Waals surface area (Å²) in [5.41, 5.74) is 1.10. The van der Waals surface area contributed by atoms with Crippen molar-refractivity contribution >= 4 is 15.9 Å². The van der Waals surface area contributed by atoms with Crippen molar-refractivity contribution < 1.29 is 22.7 Å². The summed E-state index contributed by atoms with van der Waals surface area (Å²) in [6, 6.07) is 13.8. The standard InChI is InChI=1S/C22H28N2O5S/c1-28-19-8-6-17(7-9-19)14-15-23-22(25)16-29-20-10-12-21(13-11-20)30(26,27)24-18-4-2-3-5-18/h6-13,18,24H,2-5,14-16H2,1H3,(H,23,25). The second kappa shape index (κ2) is 10.4. The lowest BCUT2D eigenvalue weighted by atomic mass is 10.1. The maximum atomic E-state index is 12.4. The van der Waals surface area contributed by atoms with Gasteiger partial charge >= 0.3 is 0 Å². The Hall–Kier alpha value is -2.58. The monoisotopic (exact) mass is 432 g/mol. The first-order chi connectivity index (χ1) is 14.5. The van der Waals surface area contributed by atoms with Gasteiger partial charge in [-0.2, -0.15) is 0 Å². The molecule has 0 spiro atoms. The summed E-state index contributed by atoms with van der Waals surface area (Å²) in [4.78, 5) is 12.2. The Morgan fingerprint density at radius 3 is 2.27 bits per heavy atom. The number of carbonyl (C=O) groups is 1. The largest absolute Gasteiger partial charge is 0.497 e. The van der Waals surface area contributed by atoms with Crippen molar-refractivity contribution in [1.82, 2.24) is 10.0 Å². The predicted molar refractivity (Wildman–Crippen MR) is 114 cm³/mol. The molecule has 0 radical (unpaired) electrons. The molecule has 3 rings (SSSR count). The van der Waals surface area contributed by atoms with Crippen LogP contribution in [0.5, 0.6) is 11.5 Å². The molecule has 1 saturated carbocycles. The third-order valence-electron chi connectivity index (χ3n) is 5.08. The summed E-state index contributed by atoms with van der Waals surface area (Å²) in [6.07, 6.45) is 4.59. The lowest BCUT2D eigenvalue weighted by Crippen LogP contribution is -2.32. The Bertz CT molecular complexity index is 921. The van der Waals surface area contributed by atoms with E-state index in [0.29, 0.717) is 18.7 Å². The lowest BCUT2D eigenvalue weighted by molar-refractivity contribution is -0.123. The molecule has 0 saturated heterocycles. The summed E-state index contributed by atoms with van der Waals surface area (Å²) >= 11 is 0. The third kappa shape index (κ3) is 6.47. The summed E-state index contributed by atoms with van der Waals surface area (Å²) in [5, 5.41) is 2.80. The van der Waals surface area contributed by atoms with E-state index in [-0.39, 0.29) is 23.5 Å². The van der Waals surface area contributed by atoms with Gasteiger partial charge in [0.15, 0.2) is 6.61 Å². The van der Waals surface area contributed by atoms with Crippen molar-refractivity contribution in [3.05, 3.63) is 54.1 Å². The molecule has 2 aromatic rings. The molecule has 0 unspecified atom stereocenters. The van der Waals surface area contributed by atoms with Crippen LogP contribution in [0, 0.1) is 0 Å². The van der Waals surface area contributed by atoms with Crippen LogP contribution in [0.3, 0.4) is 0 Å². The second-order valence-electron chi connectivity index (χ2n) is 7.31. The average Bonchev–Trinajstić information content (AvgIpc) is 3.25. The Morgan fingerprint density at radius 1 is 1.00 bits per heavy atom. The van der Waals surface area contributed by atoms with Crippen LogP contribution in [0.15, 0.2) is 53.4 Å². The smallest absolute Gasteiger partial charge is 0.257 e. The molecule has 0 atom stereocenters. The molecule has 1 aliphatic carbocycles. The molecule has 0 aliphatic heterocycles. The maximum absolute atomic E-state index is 12.4. The van der Waals surface area contributed by atoms with E-state index in [2.05, 4.69) is 10.0 Å². The van der Waals surface area contributed by atoms with Gasteiger partial charge in [-0.25, -0.2) is 13.1 Å². The minimum atomic E-state index is -3.53. The Labute approximate surface area is 177 Å². The number of benzene rings is 2. The van der Waals surface area contributed by atoms with Gasteiger partial charge in [0.25, 0.3) is 5.91 Å². The number of methoxy groups -OCH3 is 1. The zero-order valence-electron chi connectivity index (χ0n) is 17.1. The number of hydrogen-bond donors (Lipinski definition) is 2. The number of amides is 1. The van der Waals surface area contributed by atoms with E-state index < -0.39 is 10.0 Å². The van der Waals surface area contributed by atoms with Crippen LogP contribution in [-0.4, -0.2) is 40.6 Å². The van der Waals surface area contributed by atoms with Crippen LogP contribution < -0.4 is 19.5 Å². The molecular weight excluding hydrogens is 404 g/mol. The van der Waals surface area contributed by atoms with Crippen molar-refractivity contribution in [3.63, 3.8) is 0 Å². The van der Waals surface area contributed by atoms with Gasteiger partial charge in [-0.1, -0.05) is 25.0 Å². The van der Waals surface area contributed by atoms with Crippen LogP contribution in [0.4, 0.5) is 0 Å². The molecule has 162 valence electrons. The molecule has 30 heavy (non-hydrogen) atoms. The number of ether oxygens (including phenoxy) is 2. The topological polar surface area (TPSA) is 93.7 Å². The van der Waals surface area contributed by atoms with Crippen LogP contribution >= 0.6 is 0 Å². The van der Waals surface area contributed by atoms with E-state index in [9.17, 15) is 13.2 Å². The summed E-state index contributed by atoms with van der Waals surface area (Å²) in [7, 11) is -1.91. The van der Waals surface area contributed by atoms with Gasteiger partial charge in [0.1, 0.15) is 11.5 Å². The number of hydrogen-bond acceptors (Lipinski definition) is 5. The SMILES string of the molecule is COc1ccc(CCNC(=O)COc2ccc(S(=O)(=O)NC3CCCC3)cc2)cc1. The van der Waals surface area contributed by atoms with Gasteiger partial charge in [-0.15, -0.1) is 0 Å². The van der Waals surface area contributed by atoms with E-state index in [0.717, 1.165) is 37.0 Å². The number of nitrogens with one attached hydrogen (secondary N) is 2. The molecule has 0 aromatic heterocycles. The fourth-order valence-electron chi connectivity index (χ4n) is 3.38. The molecule has 0 bridgehead atoms. The summed E-state index contributed by atoms with van der Waals surface area (Å²) < 4.78 is 38.1. The van der Waals surface area contributed by atoms with Crippen molar-refractivity contribution in [2.24, 2.45) is 0 Å². The molecule has 2 aromatic carbocycles. The van der Waals surface area contributed by atoms with Crippen molar-refractivity contribution in [1.29, 1.82) is 0 Å². The molecule has 1 fully saturated rings. The quantitative estimate of drug-likeness (QED) is 0.602. The molecule has 1 aliphatic rings. The van der Waals surface area contributed by atoms with Gasteiger partial charge in [0, 0.05) is 12.6 Å². The van der Waals surface area contributed by atoms with Gasteiger partial charge in [0.05, 0.1) is 12.0 Å². The molecule has 0 heterocycles. The molecular formula is C22H28N2O5S. The van der Waals surface area contributed by atoms with Gasteiger partial charge in [0.2, 0.25) is 10.0 Å². The first kappa shape index (κ1) is 22.1. The number of rotatable bonds is 10. The van der Waals surface area contributed by atoms with Crippen molar-refractivity contribution in [3.8, 4) is 11.5 Å². The van der Waals surface area contributed by atoms with Crippen LogP contribution in [0.2, 0.25) is 0 Å². The lowest BCUT2D eigenvalue weighted by Gasteiger charge is -2.13. The first-order valence-electron chi connectivity index (χ1n) is 10.1. The van der Waals surface area contributed by atoms with Crippen LogP contribution in [0.25, 0.3) is 0 Å². The highest BCUT2D eigenvalue weighted by Crippen LogP contribution is 2.21. The number of carbonyl (C=O) groups excluding carboxylic acids is 1. The summed E-state index contributed by atoms with van der Waals surface area (Å²) in [5.74, 6) is 1.01. The molecule has 8 heteroatoms. The highest BCUT2D eigenvalue weighted by molar-refractivity contribution is 7.89. The van der Waals surface area contributed by atoms with E-state index in [4.69, 9.17) is 9.47 Å². The third-order valence-corrected chi connectivity index (χ3v) is 6.61. The Morgan fingerprint density at radius 2 is 1.63 bits per heavy atom. The summed E-state index contributed by atoms with van der Waals surface area (Å²) in [6.45, 7) is 0.369. The normalized spacial score (nSPS) is 14.4. The minimum Gasteiger partial charge on any atom is -0.497 e. The Balaban J connectivity index is 1.41. The van der Waals surface area contributed by atoms with Gasteiger partial charge in [-0.3, -0.25) is 4.79 Å². The number of sulfonamides is 1. The van der Waals surface area contributed by atoms with E-state index in [1.54, 1.807) is 19.2 Å². The Kier molecular flexibility index (Phi) is 7.70. The molecule has 2 N–H and O–H groups in total. The highest BCUT2D eigenvalue weighted by Gasteiger charge is 2.22. The van der Waals surface area contributed by atoms with E-state index in [1.807, 2.05) is 24.3 Å². The van der Waals surface area contributed by atoms with Crippen molar-refractivity contribution in [2.45, 2.75) is 43.0 Å². The van der Waals surface area contributed by atoms with Crippen LogP contribution in [0.1, 0.15) is 31.2 Å². The zero-order valence-corrected chi connectivity index (χ0v) is 17.9. The molecule has 7 nitrogen and oxygen atoms in total. The minimum absolute atomic E-state index is 0.0209. The van der Waals surface area contributed by atoms with Crippen molar-refractivity contribution in [2.75, 3.05) is 20.3 Å². The van der Waals surface area contributed by atoms with Gasteiger partial charge in [-0.05, 0) is 61.2 Å². The fraction of sp³-hybridized carbons (Fsp3) is 0.409. The predicted octanol–water partition coefficient (Wildman–Crippen LogP) is 2.65. The zero-order chi connectivity index (χ0) is 21.4. The molecule has 1 amide bonds. The second-order valence-corrected chi connectivity index (χ2v) is 9.02. The fourth-order valence-corrected chi connectivity index (χ4v) is 4.69. The van der Waals surface area contributed by atoms with E-state index in [1.165, 1.54) is 12.1 Å². The maximum Gasteiger partial charge on any atom is 0.257 e. The first-order valence-corrected chi connectivity index (χ1v) is 11.6.